The number of hydrogen-bond acceptors (Lipinski definition) is 12. The molecule has 350 valence electrons. The molecule has 3 aromatic carbocycles. The van der Waals surface area contributed by atoms with Crippen molar-refractivity contribution in [3.63, 3.8) is 0 Å². The highest BCUT2D eigenvalue weighted by molar-refractivity contribution is 7.89. The number of nitrogens with zero attached hydrogens (tertiary/aromatic N) is 4. The molecule has 17 nitrogen and oxygen atoms in total. The summed E-state index contributed by atoms with van der Waals surface area (Å²) in [5, 5.41) is 26.5. The van der Waals surface area contributed by atoms with Crippen LogP contribution in [0.5, 0.6) is 0 Å². The second kappa shape index (κ2) is 20.4. The Morgan fingerprint density at radius 3 is 2.25 bits per heavy atom. The zero-order valence-corrected chi connectivity index (χ0v) is 39.9. The van der Waals surface area contributed by atoms with Crippen molar-refractivity contribution in [1.82, 2.24) is 40.1 Å². The molecule has 1 saturated heterocycles. The summed E-state index contributed by atoms with van der Waals surface area (Å²) in [5.41, 5.74) is 7.97. The topological polar surface area (TPSA) is 234 Å². The number of urea groups is 1. The van der Waals surface area contributed by atoms with Crippen molar-refractivity contribution >= 4 is 67.5 Å². The number of aliphatic hydroxyl groups is 1. The van der Waals surface area contributed by atoms with Crippen molar-refractivity contribution in [2.75, 3.05) is 24.7 Å². The normalized spacial score (nSPS) is 15.4. The van der Waals surface area contributed by atoms with Crippen LogP contribution in [0.1, 0.15) is 54.4 Å². The number of aryl methyl sites for hydroxylation is 1. The molecule has 4 heterocycles. The Balaban J connectivity index is 0.920. The van der Waals surface area contributed by atoms with E-state index in [0.717, 1.165) is 54.2 Å². The first-order chi connectivity index (χ1) is 31.8. The second-order valence-electron chi connectivity index (χ2n) is 17.2. The van der Waals surface area contributed by atoms with Crippen molar-refractivity contribution in [1.29, 1.82) is 0 Å². The molecule has 7 rings (SSSR count). The number of likely N-dealkylation sites (tertiary alicyclic amines) is 1. The van der Waals surface area contributed by atoms with Gasteiger partial charge in [0.05, 0.1) is 46.2 Å². The zero-order chi connectivity index (χ0) is 48.0. The van der Waals surface area contributed by atoms with Gasteiger partial charge >= 0.3 is 6.03 Å². The fourth-order valence-electron chi connectivity index (χ4n) is 7.47. The van der Waals surface area contributed by atoms with Crippen molar-refractivity contribution in [2.24, 2.45) is 5.41 Å². The highest BCUT2D eigenvalue weighted by Gasteiger charge is 2.44. The van der Waals surface area contributed by atoms with Gasteiger partial charge in [0.15, 0.2) is 5.13 Å². The average molecular weight is 966 g/mol. The Kier molecular flexibility index (Phi) is 14.7. The minimum atomic E-state index is -3.55. The van der Waals surface area contributed by atoms with Gasteiger partial charge in [-0.05, 0) is 58.4 Å². The molecule has 1 fully saturated rings. The highest BCUT2D eigenvalue weighted by atomic mass is 32.2. The second-order valence-corrected chi connectivity index (χ2v) is 20.8. The van der Waals surface area contributed by atoms with Crippen LogP contribution in [0.3, 0.4) is 0 Å². The summed E-state index contributed by atoms with van der Waals surface area (Å²) in [7, 11) is -3.55. The highest BCUT2D eigenvalue weighted by Crippen LogP contribution is 2.31. The van der Waals surface area contributed by atoms with E-state index in [4.69, 9.17) is 0 Å². The van der Waals surface area contributed by atoms with Crippen molar-refractivity contribution in [3.8, 4) is 32.8 Å². The van der Waals surface area contributed by atoms with E-state index in [1.807, 2.05) is 100 Å². The van der Waals surface area contributed by atoms with Crippen LogP contribution in [-0.4, -0.2) is 99.6 Å². The first-order valence-electron chi connectivity index (χ1n) is 21.2. The average Bonchev–Trinajstić information content (AvgIpc) is 4.14. The first kappa shape index (κ1) is 48.2. The predicted octanol–water partition coefficient (Wildman–Crippen LogP) is 5.38. The van der Waals surface area contributed by atoms with Crippen LogP contribution in [0.25, 0.3) is 32.8 Å². The number of rotatable bonds is 15. The standard InChI is InChI=1S/C47H51N9O8S3/c1-28-40(66-27-51-28)31-14-12-29(13-15-31)21-48-43(60)38-20-36(57)25-56(38)44(61)41(47(2,3)4)54-45(62)50-22-30-8-6-9-32(18-30)33-10-7-11-34(19-33)37-26-65-46(52-37)53-39(58)23-49-42(59)35-16-17-55(24-35)67(5,63)64/h6-19,24,26-27,36,38,41,57H,20-23,25H2,1-5H3,(H,48,60)(H,49,59)(H2,50,54,62)(H,52,53,58)/t36-,38+,41-/m1/s1. The lowest BCUT2D eigenvalue weighted by molar-refractivity contribution is -0.142. The van der Waals surface area contributed by atoms with E-state index >= 15 is 0 Å². The zero-order valence-electron chi connectivity index (χ0n) is 37.4. The number of carbonyl (C=O) groups is 5. The Bertz CT molecular complexity index is 2900. The number of benzene rings is 3. The van der Waals surface area contributed by atoms with E-state index in [1.54, 1.807) is 22.2 Å². The van der Waals surface area contributed by atoms with Gasteiger partial charge in [0, 0.05) is 49.4 Å². The van der Waals surface area contributed by atoms with Gasteiger partial charge in [-0.3, -0.25) is 23.2 Å². The third-order valence-electron chi connectivity index (χ3n) is 11.0. The minimum absolute atomic E-state index is 0.0416. The molecule has 0 saturated carbocycles. The van der Waals surface area contributed by atoms with Crippen LogP contribution >= 0.6 is 22.7 Å². The van der Waals surface area contributed by atoms with Crippen LogP contribution in [-0.2, 0) is 37.5 Å². The van der Waals surface area contributed by atoms with Gasteiger partial charge < -0.3 is 36.6 Å². The Labute approximate surface area is 396 Å². The van der Waals surface area contributed by atoms with E-state index < -0.39 is 57.4 Å². The van der Waals surface area contributed by atoms with Gasteiger partial charge in [-0.2, -0.15) is 0 Å². The Morgan fingerprint density at radius 1 is 0.866 bits per heavy atom. The van der Waals surface area contributed by atoms with Gasteiger partial charge in [-0.15, -0.1) is 22.7 Å². The van der Waals surface area contributed by atoms with E-state index in [-0.39, 0.29) is 44.1 Å². The van der Waals surface area contributed by atoms with Gasteiger partial charge in [-0.1, -0.05) is 81.4 Å². The maximum Gasteiger partial charge on any atom is 0.315 e. The number of aromatic nitrogens is 3. The van der Waals surface area contributed by atoms with E-state index in [1.165, 1.54) is 34.7 Å². The number of nitrogens with one attached hydrogen (secondary N) is 5. The van der Waals surface area contributed by atoms with E-state index in [9.17, 15) is 37.5 Å². The molecular weight excluding hydrogens is 915 g/mol. The Morgan fingerprint density at radius 2 is 1.57 bits per heavy atom. The molecule has 0 unspecified atom stereocenters. The summed E-state index contributed by atoms with van der Waals surface area (Å²) in [6.45, 7) is 7.42. The van der Waals surface area contributed by atoms with Crippen LogP contribution in [0.2, 0.25) is 0 Å². The minimum Gasteiger partial charge on any atom is -0.391 e. The third kappa shape index (κ3) is 12.2. The maximum atomic E-state index is 14.1. The molecule has 6 aromatic rings. The molecular formula is C47H51N9O8S3. The van der Waals surface area contributed by atoms with E-state index in [0.29, 0.717) is 10.8 Å². The van der Waals surface area contributed by atoms with Crippen molar-refractivity contribution in [3.05, 3.63) is 125 Å². The van der Waals surface area contributed by atoms with Crippen LogP contribution in [0.4, 0.5) is 9.93 Å². The fourth-order valence-corrected chi connectivity index (χ4v) is 9.61. The Hall–Kier alpha value is -6.74. The van der Waals surface area contributed by atoms with Gasteiger partial charge in [0.1, 0.15) is 12.1 Å². The number of thiazole rings is 2. The van der Waals surface area contributed by atoms with E-state index in [2.05, 4.69) is 36.6 Å². The maximum absolute atomic E-state index is 14.1. The van der Waals surface area contributed by atoms with Gasteiger partial charge in [0.25, 0.3) is 5.91 Å². The van der Waals surface area contributed by atoms with Gasteiger partial charge in [0.2, 0.25) is 27.7 Å². The summed E-state index contributed by atoms with van der Waals surface area (Å²) in [6, 6.07) is 21.9. The molecule has 3 aromatic heterocycles. The molecule has 3 atom stereocenters. The number of amides is 6. The van der Waals surface area contributed by atoms with Crippen LogP contribution < -0.4 is 26.6 Å². The first-order valence-corrected chi connectivity index (χ1v) is 24.8. The summed E-state index contributed by atoms with van der Waals surface area (Å²) >= 11 is 2.78. The largest absolute Gasteiger partial charge is 0.391 e. The summed E-state index contributed by atoms with van der Waals surface area (Å²) in [6.07, 6.45) is 2.60. The number of hydrogen-bond donors (Lipinski definition) is 6. The predicted molar refractivity (Wildman–Crippen MR) is 257 cm³/mol. The third-order valence-corrected chi connectivity index (χ3v) is 13.8. The van der Waals surface area contributed by atoms with Crippen LogP contribution in [0, 0.1) is 12.3 Å². The lowest BCUT2D eigenvalue weighted by atomic mass is 9.85. The lowest BCUT2D eigenvalue weighted by Gasteiger charge is -2.35. The molecule has 1 aliphatic heterocycles. The monoisotopic (exact) mass is 965 g/mol. The summed E-state index contributed by atoms with van der Waals surface area (Å²) in [5.74, 6) is -1.97. The molecule has 67 heavy (non-hydrogen) atoms. The molecule has 0 aliphatic carbocycles. The number of anilines is 1. The van der Waals surface area contributed by atoms with Crippen molar-refractivity contribution < 1.29 is 37.5 Å². The molecule has 20 heteroatoms. The van der Waals surface area contributed by atoms with Crippen molar-refractivity contribution in [2.45, 2.75) is 65.4 Å². The molecule has 0 bridgehead atoms. The fraction of sp³-hybridized carbons (Fsp3) is 0.298. The molecule has 1 aliphatic rings. The molecule has 0 spiro atoms. The smallest absolute Gasteiger partial charge is 0.315 e. The van der Waals surface area contributed by atoms with Gasteiger partial charge in [-0.25, -0.2) is 23.2 Å². The molecule has 6 N–H and O–H groups in total. The number of β-amino-alcohol motifs (C(OH)–C–C–N with tert-alkyl or cyclic N) is 1. The number of carbonyl (C=O) groups excluding carboxylic acids is 5. The molecule has 0 radical (unpaired) electrons. The van der Waals surface area contributed by atoms with Crippen LogP contribution in [0.15, 0.2) is 102 Å². The summed E-state index contributed by atoms with van der Waals surface area (Å²) in [4.78, 5) is 77.5. The molecule has 6 amide bonds. The number of aliphatic hydroxyl groups excluding tert-OH is 1. The summed E-state index contributed by atoms with van der Waals surface area (Å²) < 4.78 is 24.3. The quantitative estimate of drug-likeness (QED) is 0.0769. The SMILES string of the molecule is Cc1ncsc1-c1ccc(CNC(=O)[C@@H]2C[C@@H](O)CN2C(=O)[C@@H](NC(=O)NCc2cccc(-c3cccc(-c4csc(NC(=O)CNC(=O)c5ccn(S(C)(=O)=O)c5)n4)c3)c2)C(C)(C)C)cc1. The lowest BCUT2D eigenvalue weighted by Crippen LogP contribution is -2.59.